The highest BCUT2D eigenvalue weighted by atomic mass is 16.4. The molecule has 3 heterocycles. The first kappa shape index (κ1) is 15.1. The summed E-state index contributed by atoms with van der Waals surface area (Å²) in [6, 6.07) is 1.96. The molecule has 0 bridgehead atoms. The Balaban J connectivity index is 1.55. The average Bonchev–Trinajstić information content (AvgIpc) is 3.37. The number of rotatable bonds is 4. The van der Waals surface area contributed by atoms with Gasteiger partial charge in [-0.3, -0.25) is 9.36 Å². The summed E-state index contributed by atoms with van der Waals surface area (Å²) in [4.78, 5) is 26.6. The molecule has 2 aromatic heterocycles. The molecule has 0 spiro atoms. The standard InChI is InChI=1S/C17H21N5O2/c1-11-20-14(12-2-3-12)9-22(11)16-8-15(18-10-19-16)21-6-4-13(5-7-21)17(23)24/h8-10,12-13H,2-7H2,1H3,(H,23,24). The van der Waals surface area contributed by atoms with Gasteiger partial charge in [0.2, 0.25) is 0 Å². The summed E-state index contributed by atoms with van der Waals surface area (Å²) in [7, 11) is 0. The molecule has 1 saturated carbocycles. The SMILES string of the molecule is Cc1nc(C2CC2)cn1-c1cc(N2CCC(C(=O)O)CC2)ncn1. The highest BCUT2D eigenvalue weighted by Gasteiger charge is 2.28. The molecule has 24 heavy (non-hydrogen) atoms. The van der Waals surface area contributed by atoms with Gasteiger partial charge in [0.15, 0.2) is 0 Å². The highest BCUT2D eigenvalue weighted by molar-refractivity contribution is 5.70. The summed E-state index contributed by atoms with van der Waals surface area (Å²) >= 11 is 0. The van der Waals surface area contributed by atoms with Crippen LogP contribution in [0.3, 0.4) is 0 Å². The molecule has 4 rings (SSSR count). The fourth-order valence-corrected chi connectivity index (χ4v) is 3.30. The molecule has 7 nitrogen and oxygen atoms in total. The molecule has 0 aromatic carbocycles. The molecule has 0 unspecified atom stereocenters. The molecule has 0 amide bonds. The third-order valence-corrected chi connectivity index (χ3v) is 4.95. The maximum Gasteiger partial charge on any atom is 0.306 e. The molecule has 1 saturated heterocycles. The van der Waals surface area contributed by atoms with Crippen LogP contribution in [0.4, 0.5) is 5.82 Å². The predicted molar refractivity (Wildman–Crippen MR) is 88.4 cm³/mol. The Morgan fingerprint density at radius 1 is 1.17 bits per heavy atom. The Morgan fingerprint density at radius 2 is 1.88 bits per heavy atom. The van der Waals surface area contributed by atoms with Crippen molar-refractivity contribution in [1.29, 1.82) is 0 Å². The molecule has 2 aliphatic rings. The minimum absolute atomic E-state index is 0.237. The molecule has 7 heteroatoms. The van der Waals surface area contributed by atoms with E-state index in [4.69, 9.17) is 5.11 Å². The van der Waals surface area contributed by atoms with Crippen molar-refractivity contribution in [3.05, 3.63) is 30.1 Å². The number of piperidine rings is 1. The van der Waals surface area contributed by atoms with Gasteiger partial charge in [-0.25, -0.2) is 15.0 Å². The minimum atomic E-state index is -0.695. The number of aryl methyl sites for hydroxylation is 1. The van der Waals surface area contributed by atoms with E-state index in [0.717, 1.165) is 23.2 Å². The van der Waals surface area contributed by atoms with Crippen LogP contribution >= 0.6 is 0 Å². The third-order valence-electron chi connectivity index (χ3n) is 4.95. The molecule has 2 aromatic rings. The summed E-state index contributed by atoms with van der Waals surface area (Å²) in [5, 5.41) is 9.12. The molecular formula is C17H21N5O2. The maximum absolute atomic E-state index is 11.1. The topological polar surface area (TPSA) is 84.1 Å². The molecule has 126 valence electrons. The van der Waals surface area contributed by atoms with E-state index >= 15 is 0 Å². The number of aliphatic carboxylic acids is 1. The Hall–Kier alpha value is -2.44. The molecule has 0 radical (unpaired) electrons. The molecular weight excluding hydrogens is 306 g/mol. The second-order valence-corrected chi connectivity index (χ2v) is 6.69. The number of carboxylic acid groups (broad SMARTS) is 1. The van der Waals surface area contributed by atoms with Gasteiger partial charge in [0, 0.05) is 31.3 Å². The first-order valence-corrected chi connectivity index (χ1v) is 8.48. The van der Waals surface area contributed by atoms with Crippen LogP contribution in [-0.2, 0) is 4.79 Å². The number of imidazole rings is 1. The second kappa shape index (κ2) is 5.89. The van der Waals surface area contributed by atoms with Gasteiger partial charge in [-0.2, -0.15) is 0 Å². The van der Waals surface area contributed by atoms with Crippen molar-refractivity contribution in [2.75, 3.05) is 18.0 Å². The van der Waals surface area contributed by atoms with Crippen molar-refractivity contribution < 1.29 is 9.90 Å². The molecule has 2 fully saturated rings. The highest BCUT2D eigenvalue weighted by Crippen LogP contribution is 2.39. The van der Waals surface area contributed by atoms with Crippen molar-refractivity contribution in [3.63, 3.8) is 0 Å². The van der Waals surface area contributed by atoms with E-state index in [0.29, 0.717) is 31.8 Å². The van der Waals surface area contributed by atoms with Gasteiger partial charge >= 0.3 is 5.97 Å². The van der Waals surface area contributed by atoms with E-state index < -0.39 is 5.97 Å². The first-order chi connectivity index (χ1) is 11.6. The molecule has 1 aliphatic carbocycles. The maximum atomic E-state index is 11.1. The van der Waals surface area contributed by atoms with Gasteiger partial charge in [0.25, 0.3) is 0 Å². The molecule has 1 aliphatic heterocycles. The number of anilines is 1. The summed E-state index contributed by atoms with van der Waals surface area (Å²) in [5.74, 6) is 2.29. The van der Waals surface area contributed by atoms with Crippen molar-refractivity contribution in [1.82, 2.24) is 19.5 Å². The first-order valence-electron chi connectivity index (χ1n) is 8.48. The van der Waals surface area contributed by atoms with Crippen LogP contribution in [0.25, 0.3) is 5.82 Å². The fraction of sp³-hybridized carbons (Fsp3) is 0.529. The van der Waals surface area contributed by atoms with E-state index in [1.165, 1.54) is 12.8 Å². The summed E-state index contributed by atoms with van der Waals surface area (Å²) < 4.78 is 2.02. The fourth-order valence-electron chi connectivity index (χ4n) is 3.30. The van der Waals surface area contributed by atoms with Crippen LogP contribution in [0.15, 0.2) is 18.6 Å². The summed E-state index contributed by atoms with van der Waals surface area (Å²) in [5.41, 5.74) is 1.15. The summed E-state index contributed by atoms with van der Waals surface area (Å²) in [6.45, 7) is 3.42. The second-order valence-electron chi connectivity index (χ2n) is 6.69. The lowest BCUT2D eigenvalue weighted by Gasteiger charge is -2.31. The monoisotopic (exact) mass is 327 g/mol. The normalized spacial score (nSPS) is 18.8. The van der Waals surface area contributed by atoms with Crippen LogP contribution in [0, 0.1) is 12.8 Å². The van der Waals surface area contributed by atoms with Gasteiger partial charge in [-0.05, 0) is 32.6 Å². The zero-order chi connectivity index (χ0) is 16.7. The molecule has 0 atom stereocenters. The Labute approximate surface area is 140 Å². The van der Waals surface area contributed by atoms with Crippen LogP contribution in [0.1, 0.15) is 43.1 Å². The largest absolute Gasteiger partial charge is 0.481 e. The third kappa shape index (κ3) is 2.86. The van der Waals surface area contributed by atoms with Gasteiger partial charge in [-0.15, -0.1) is 0 Å². The lowest BCUT2D eigenvalue weighted by Crippen LogP contribution is -2.36. The zero-order valence-corrected chi connectivity index (χ0v) is 13.7. The van der Waals surface area contributed by atoms with Gasteiger partial charge in [0.05, 0.1) is 11.6 Å². The lowest BCUT2D eigenvalue weighted by atomic mass is 9.97. The number of hydrogen-bond acceptors (Lipinski definition) is 5. The van der Waals surface area contributed by atoms with E-state index in [2.05, 4.69) is 26.0 Å². The van der Waals surface area contributed by atoms with Gasteiger partial charge in [-0.1, -0.05) is 0 Å². The number of carboxylic acids is 1. The van der Waals surface area contributed by atoms with Crippen molar-refractivity contribution in [2.24, 2.45) is 5.92 Å². The van der Waals surface area contributed by atoms with Crippen LogP contribution in [-0.4, -0.2) is 43.7 Å². The number of nitrogens with zero attached hydrogens (tertiary/aromatic N) is 5. The smallest absolute Gasteiger partial charge is 0.306 e. The van der Waals surface area contributed by atoms with Crippen LogP contribution in [0.5, 0.6) is 0 Å². The predicted octanol–water partition coefficient (Wildman–Crippen LogP) is 2.15. The van der Waals surface area contributed by atoms with Crippen molar-refractivity contribution in [2.45, 2.75) is 38.5 Å². The zero-order valence-electron chi connectivity index (χ0n) is 13.7. The molecule has 1 N–H and O–H groups in total. The van der Waals surface area contributed by atoms with Crippen LogP contribution in [0.2, 0.25) is 0 Å². The van der Waals surface area contributed by atoms with Crippen LogP contribution < -0.4 is 4.90 Å². The van der Waals surface area contributed by atoms with E-state index in [9.17, 15) is 4.79 Å². The number of aromatic nitrogens is 4. The van der Waals surface area contributed by atoms with E-state index in [1.807, 2.05) is 17.6 Å². The lowest BCUT2D eigenvalue weighted by molar-refractivity contribution is -0.142. The quantitative estimate of drug-likeness (QED) is 0.926. The van der Waals surface area contributed by atoms with Gasteiger partial charge in [0.1, 0.15) is 23.8 Å². The Bertz CT molecular complexity index is 760. The number of carbonyl (C=O) groups is 1. The Morgan fingerprint density at radius 3 is 2.54 bits per heavy atom. The van der Waals surface area contributed by atoms with Crippen molar-refractivity contribution >= 4 is 11.8 Å². The average molecular weight is 327 g/mol. The van der Waals surface area contributed by atoms with E-state index in [1.54, 1.807) is 6.33 Å². The van der Waals surface area contributed by atoms with E-state index in [-0.39, 0.29) is 5.92 Å². The Kier molecular flexibility index (Phi) is 3.70. The van der Waals surface area contributed by atoms with Gasteiger partial charge < -0.3 is 10.0 Å². The number of hydrogen-bond donors (Lipinski definition) is 1. The minimum Gasteiger partial charge on any atom is -0.481 e. The van der Waals surface area contributed by atoms with Crippen molar-refractivity contribution in [3.8, 4) is 5.82 Å². The summed E-state index contributed by atoms with van der Waals surface area (Å²) in [6.07, 6.45) is 7.42.